The van der Waals surface area contributed by atoms with Crippen molar-refractivity contribution in [2.45, 2.75) is 64.8 Å². The fourth-order valence-corrected chi connectivity index (χ4v) is 3.50. The number of likely N-dealkylation sites (tertiary alicyclic amines) is 1. The van der Waals surface area contributed by atoms with Crippen LogP contribution in [0.3, 0.4) is 0 Å². The first-order valence-corrected chi connectivity index (χ1v) is 8.14. The van der Waals surface area contributed by atoms with Gasteiger partial charge in [-0.05, 0) is 37.0 Å². The van der Waals surface area contributed by atoms with Gasteiger partial charge in [-0.15, -0.1) is 0 Å². The summed E-state index contributed by atoms with van der Waals surface area (Å²) in [6, 6.07) is -0.00578. The molecule has 5 nitrogen and oxygen atoms in total. The Balaban J connectivity index is 1.74. The smallest absolute Gasteiger partial charge is 0.223 e. The van der Waals surface area contributed by atoms with Crippen LogP contribution in [0, 0.1) is 11.3 Å². The summed E-state index contributed by atoms with van der Waals surface area (Å²) in [5, 5.41) is 3.98. The van der Waals surface area contributed by atoms with E-state index < -0.39 is 0 Å². The molecule has 0 aromatic carbocycles. The molecule has 0 N–H and O–H groups in total. The van der Waals surface area contributed by atoms with Gasteiger partial charge >= 0.3 is 0 Å². The van der Waals surface area contributed by atoms with Gasteiger partial charge in [-0.2, -0.15) is 4.98 Å². The van der Waals surface area contributed by atoms with Gasteiger partial charge in [0.15, 0.2) is 5.82 Å². The molecule has 5 heteroatoms. The normalized spacial score (nSPS) is 23.9. The molecule has 3 rings (SSSR count). The van der Waals surface area contributed by atoms with E-state index in [0.717, 1.165) is 31.7 Å². The minimum absolute atomic E-state index is 0.00578. The van der Waals surface area contributed by atoms with E-state index in [1.54, 1.807) is 0 Å². The van der Waals surface area contributed by atoms with Crippen molar-refractivity contribution in [2.75, 3.05) is 6.54 Å². The van der Waals surface area contributed by atoms with Gasteiger partial charge in [-0.1, -0.05) is 31.8 Å². The summed E-state index contributed by atoms with van der Waals surface area (Å²) in [6.45, 7) is 5.27. The molecule has 1 aromatic heterocycles. The number of hydrogen-bond donors (Lipinski definition) is 0. The Morgan fingerprint density at radius 1 is 1.33 bits per heavy atom. The summed E-state index contributed by atoms with van der Waals surface area (Å²) in [6.07, 6.45) is 8.84. The maximum Gasteiger partial charge on any atom is 0.223 e. The van der Waals surface area contributed by atoms with Crippen molar-refractivity contribution in [3.63, 3.8) is 0 Å². The number of aromatic nitrogens is 2. The van der Waals surface area contributed by atoms with Crippen molar-refractivity contribution in [3.8, 4) is 0 Å². The molecule has 116 valence electrons. The van der Waals surface area contributed by atoms with Gasteiger partial charge in [-0.3, -0.25) is 4.79 Å². The van der Waals surface area contributed by atoms with Crippen LogP contribution in [0.2, 0.25) is 0 Å². The highest BCUT2D eigenvalue weighted by Gasteiger charge is 2.41. The van der Waals surface area contributed by atoms with E-state index in [0.29, 0.717) is 12.2 Å². The number of carbonyl (C=O) groups excluding carboxylic acids is 1. The molecule has 0 spiro atoms. The Morgan fingerprint density at radius 2 is 2.14 bits per heavy atom. The fourth-order valence-electron chi connectivity index (χ4n) is 3.50. The van der Waals surface area contributed by atoms with E-state index in [1.807, 2.05) is 4.90 Å². The second-order valence-corrected chi connectivity index (χ2v) is 7.18. The molecule has 1 saturated carbocycles. The van der Waals surface area contributed by atoms with Crippen LogP contribution in [0.25, 0.3) is 0 Å². The molecule has 1 saturated heterocycles. The molecule has 1 aliphatic heterocycles. The summed E-state index contributed by atoms with van der Waals surface area (Å²) < 4.78 is 4.89. The summed E-state index contributed by atoms with van der Waals surface area (Å²) >= 11 is 0. The number of rotatable bonds is 4. The van der Waals surface area contributed by atoms with E-state index in [1.165, 1.54) is 25.7 Å². The first kappa shape index (κ1) is 14.5. The highest BCUT2D eigenvalue weighted by Crippen LogP contribution is 2.47. The zero-order valence-corrected chi connectivity index (χ0v) is 13.0. The van der Waals surface area contributed by atoms with Crippen molar-refractivity contribution in [1.82, 2.24) is 15.0 Å². The molecule has 1 aliphatic carbocycles. The molecule has 1 aromatic rings. The predicted octanol–water partition coefficient (Wildman–Crippen LogP) is 3.34. The maximum atomic E-state index is 12.8. The Bertz CT molecular complexity index is 480. The van der Waals surface area contributed by atoms with Crippen molar-refractivity contribution in [2.24, 2.45) is 11.3 Å². The molecule has 21 heavy (non-hydrogen) atoms. The standard InChI is InChI=1S/C16H25N3O2/c1-16(2,12-7-8-12)10-14(20)19-9-5-3-4-6-13(19)15-17-11-21-18-15/h11-13H,3-10H2,1-2H3. The van der Waals surface area contributed by atoms with Crippen molar-refractivity contribution < 1.29 is 9.32 Å². The Hall–Kier alpha value is -1.39. The number of amides is 1. The van der Waals surface area contributed by atoms with Crippen molar-refractivity contribution in [3.05, 3.63) is 12.2 Å². The lowest BCUT2D eigenvalue weighted by Crippen LogP contribution is -2.38. The molecule has 2 heterocycles. The number of carbonyl (C=O) groups is 1. The second kappa shape index (κ2) is 5.78. The van der Waals surface area contributed by atoms with Crippen LogP contribution in [0.15, 0.2) is 10.9 Å². The third kappa shape index (κ3) is 3.27. The first-order chi connectivity index (χ1) is 10.1. The monoisotopic (exact) mass is 291 g/mol. The van der Waals surface area contributed by atoms with E-state index in [4.69, 9.17) is 4.52 Å². The molecular formula is C16H25N3O2. The zero-order valence-electron chi connectivity index (χ0n) is 13.0. The summed E-state index contributed by atoms with van der Waals surface area (Å²) in [5.41, 5.74) is 0.116. The van der Waals surface area contributed by atoms with Gasteiger partial charge in [0.2, 0.25) is 12.3 Å². The molecule has 2 fully saturated rings. The maximum absolute atomic E-state index is 12.8. The lowest BCUT2D eigenvalue weighted by molar-refractivity contribution is -0.136. The van der Waals surface area contributed by atoms with Crippen LogP contribution in [0.5, 0.6) is 0 Å². The summed E-state index contributed by atoms with van der Waals surface area (Å²) in [7, 11) is 0. The van der Waals surface area contributed by atoms with E-state index in [9.17, 15) is 4.79 Å². The van der Waals surface area contributed by atoms with Gasteiger partial charge in [0.25, 0.3) is 0 Å². The van der Waals surface area contributed by atoms with Gasteiger partial charge in [0, 0.05) is 13.0 Å². The SMILES string of the molecule is CC(C)(CC(=O)N1CCCCCC1c1ncon1)C1CC1. The Morgan fingerprint density at radius 3 is 2.81 bits per heavy atom. The van der Waals surface area contributed by atoms with Gasteiger partial charge in [0.1, 0.15) is 0 Å². The van der Waals surface area contributed by atoms with Crippen molar-refractivity contribution >= 4 is 5.91 Å². The summed E-state index contributed by atoms with van der Waals surface area (Å²) in [4.78, 5) is 19.0. The van der Waals surface area contributed by atoms with E-state index in [-0.39, 0.29) is 17.4 Å². The predicted molar refractivity (Wildman–Crippen MR) is 78.3 cm³/mol. The van der Waals surface area contributed by atoms with Crippen LogP contribution < -0.4 is 0 Å². The highest BCUT2D eigenvalue weighted by atomic mass is 16.5. The topological polar surface area (TPSA) is 59.2 Å². The Labute approximate surface area is 126 Å². The Kier molecular flexibility index (Phi) is 4.00. The first-order valence-electron chi connectivity index (χ1n) is 8.14. The molecule has 2 aliphatic rings. The quantitative estimate of drug-likeness (QED) is 0.853. The average molecular weight is 291 g/mol. The van der Waals surface area contributed by atoms with Crippen LogP contribution in [-0.4, -0.2) is 27.5 Å². The van der Waals surface area contributed by atoms with Crippen molar-refractivity contribution in [1.29, 1.82) is 0 Å². The van der Waals surface area contributed by atoms with Crippen LogP contribution >= 0.6 is 0 Å². The fraction of sp³-hybridized carbons (Fsp3) is 0.812. The van der Waals surface area contributed by atoms with Crippen LogP contribution in [-0.2, 0) is 4.79 Å². The van der Waals surface area contributed by atoms with Gasteiger partial charge in [-0.25, -0.2) is 0 Å². The zero-order chi connectivity index (χ0) is 14.9. The van der Waals surface area contributed by atoms with E-state index in [2.05, 4.69) is 24.0 Å². The lowest BCUT2D eigenvalue weighted by atomic mass is 9.83. The third-order valence-corrected chi connectivity index (χ3v) is 5.04. The largest absolute Gasteiger partial charge is 0.343 e. The highest BCUT2D eigenvalue weighted by molar-refractivity contribution is 5.77. The summed E-state index contributed by atoms with van der Waals surface area (Å²) in [5.74, 6) is 1.63. The molecule has 0 radical (unpaired) electrons. The molecular weight excluding hydrogens is 266 g/mol. The van der Waals surface area contributed by atoms with Gasteiger partial charge < -0.3 is 9.42 Å². The minimum Gasteiger partial charge on any atom is -0.343 e. The molecule has 1 unspecified atom stereocenters. The van der Waals surface area contributed by atoms with E-state index >= 15 is 0 Å². The molecule has 1 amide bonds. The third-order valence-electron chi connectivity index (χ3n) is 5.04. The number of nitrogens with zero attached hydrogens (tertiary/aromatic N) is 3. The molecule has 0 bridgehead atoms. The van der Waals surface area contributed by atoms with Crippen LogP contribution in [0.1, 0.15) is 70.7 Å². The van der Waals surface area contributed by atoms with Gasteiger partial charge in [0.05, 0.1) is 6.04 Å². The number of hydrogen-bond acceptors (Lipinski definition) is 4. The molecule has 1 atom stereocenters. The minimum atomic E-state index is -0.00578. The second-order valence-electron chi connectivity index (χ2n) is 7.18. The lowest BCUT2D eigenvalue weighted by Gasteiger charge is -2.32. The average Bonchev–Trinajstić information content (AvgIpc) is 3.21. The van der Waals surface area contributed by atoms with Crippen LogP contribution in [0.4, 0.5) is 0 Å².